The maximum atomic E-state index is 12.8. The summed E-state index contributed by atoms with van der Waals surface area (Å²) in [7, 11) is 0. The average molecular weight is 458 g/mol. The van der Waals surface area contributed by atoms with Gasteiger partial charge in [-0.1, -0.05) is 6.07 Å². The van der Waals surface area contributed by atoms with Gasteiger partial charge >= 0.3 is 6.18 Å². The van der Waals surface area contributed by atoms with Crippen LogP contribution >= 0.6 is 0 Å². The summed E-state index contributed by atoms with van der Waals surface area (Å²) in [5.74, 6) is -0.407. The number of nitrogens with zero attached hydrogens (tertiary/aromatic N) is 5. The molecule has 2 fully saturated rings. The monoisotopic (exact) mass is 458 g/mol. The molecule has 1 aromatic carbocycles. The summed E-state index contributed by atoms with van der Waals surface area (Å²) in [5, 5.41) is 4.40. The fraction of sp³-hybridized carbons (Fsp3) is 0.478. The van der Waals surface area contributed by atoms with Crippen molar-refractivity contribution in [3.05, 3.63) is 42.7 Å². The van der Waals surface area contributed by atoms with Crippen LogP contribution in [0, 0.1) is 0 Å². The van der Waals surface area contributed by atoms with Crippen LogP contribution in [0.5, 0.6) is 0 Å². The molecule has 3 heterocycles. The molecular weight excluding hydrogens is 433 g/mol. The summed E-state index contributed by atoms with van der Waals surface area (Å²) in [6.07, 6.45) is 3.74. The number of alkyl halides is 3. The second-order valence-corrected chi connectivity index (χ2v) is 8.55. The Morgan fingerprint density at radius 1 is 0.909 bits per heavy atom. The minimum absolute atomic E-state index is 0.318. The highest BCUT2D eigenvalue weighted by molar-refractivity contribution is 5.92. The van der Waals surface area contributed by atoms with Crippen LogP contribution in [0.4, 0.5) is 19.0 Å². The molecule has 33 heavy (non-hydrogen) atoms. The van der Waals surface area contributed by atoms with E-state index in [9.17, 15) is 13.2 Å². The molecule has 174 valence electrons. The molecule has 5 rings (SSSR count). The highest BCUT2D eigenvalue weighted by Crippen LogP contribution is 2.31. The molecule has 0 unspecified atom stereocenters. The van der Waals surface area contributed by atoms with Gasteiger partial charge in [-0.05, 0) is 43.4 Å². The summed E-state index contributed by atoms with van der Waals surface area (Å²) >= 11 is 0. The lowest BCUT2D eigenvalue weighted by Gasteiger charge is -2.39. The van der Waals surface area contributed by atoms with Crippen molar-refractivity contribution >= 4 is 16.7 Å². The summed E-state index contributed by atoms with van der Waals surface area (Å²) in [5.41, 5.74) is 1.99. The quantitative estimate of drug-likeness (QED) is 0.629. The van der Waals surface area contributed by atoms with Crippen LogP contribution in [-0.2, 0) is 10.9 Å². The van der Waals surface area contributed by atoms with Crippen molar-refractivity contribution in [3.63, 3.8) is 0 Å². The van der Waals surface area contributed by atoms with E-state index in [2.05, 4.69) is 30.2 Å². The van der Waals surface area contributed by atoms with E-state index < -0.39 is 12.0 Å². The van der Waals surface area contributed by atoms with Gasteiger partial charge in [0, 0.05) is 48.5 Å². The predicted octanol–water partition coefficient (Wildman–Crippen LogP) is 4.16. The van der Waals surface area contributed by atoms with Gasteiger partial charge in [-0.3, -0.25) is 4.90 Å². The van der Waals surface area contributed by atoms with Crippen molar-refractivity contribution in [3.8, 4) is 11.1 Å². The third kappa shape index (κ3) is 4.91. The Bertz CT molecular complexity index is 1090. The third-order valence-corrected chi connectivity index (χ3v) is 6.47. The van der Waals surface area contributed by atoms with Crippen LogP contribution in [0.1, 0.15) is 31.5 Å². The van der Waals surface area contributed by atoms with Gasteiger partial charge in [0.15, 0.2) is 0 Å². The molecule has 3 aromatic rings. The SMILES string of the molecule is FC(F)(F)c1ncc(-c2ccc3ncnc(NC4CCC(N5CCOCC5)CC4)c3c2)cn1. The maximum absolute atomic E-state index is 12.8. The molecule has 0 spiro atoms. The van der Waals surface area contributed by atoms with Crippen molar-refractivity contribution in [1.29, 1.82) is 0 Å². The van der Waals surface area contributed by atoms with Crippen molar-refractivity contribution in [2.75, 3.05) is 31.6 Å². The lowest BCUT2D eigenvalue weighted by atomic mass is 9.90. The van der Waals surface area contributed by atoms with Crippen LogP contribution in [0.15, 0.2) is 36.9 Å². The molecule has 0 atom stereocenters. The van der Waals surface area contributed by atoms with Gasteiger partial charge < -0.3 is 10.1 Å². The van der Waals surface area contributed by atoms with E-state index >= 15 is 0 Å². The van der Waals surface area contributed by atoms with Gasteiger partial charge in [-0.15, -0.1) is 0 Å². The van der Waals surface area contributed by atoms with Crippen molar-refractivity contribution in [1.82, 2.24) is 24.8 Å². The van der Waals surface area contributed by atoms with E-state index in [0.29, 0.717) is 23.2 Å². The van der Waals surface area contributed by atoms with E-state index in [0.717, 1.165) is 68.7 Å². The van der Waals surface area contributed by atoms with E-state index in [1.807, 2.05) is 12.1 Å². The second kappa shape index (κ2) is 9.18. The largest absolute Gasteiger partial charge is 0.451 e. The Morgan fingerprint density at radius 2 is 1.64 bits per heavy atom. The first-order valence-electron chi connectivity index (χ1n) is 11.2. The highest BCUT2D eigenvalue weighted by Gasteiger charge is 2.34. The average Bonchev–Trinajstić information content (AvgIpc) is 2.85. The van der Waals surface area contributed by atoms with Crippen molar-refractivity contribution in [2.45, 2.75) is 43.9 Å². The lowest BCUT2D eigenvalue weighted by molar-refractivity contribution is -0.144. The molecule has 7 nitrogen and oxygen atoms in total. The number of halogens is 3. The molecule has 1 aliphatic carbocycles. The number of hydrogen-bond donors (Lipinski definition) is 1. The fourth-order valence-electron chi connectivity index (χ4n) is 4.70. The number of hydrogen-bond acceptors (Lipinski definition) is 7. The molecule has 2 aliphatic rings. The number of nitrogens with one attached hydrogen (secondary N) is 1. The number of morpholine rings is 1. The number of ether oxygens (including phenoxy) is 1. The highest BCUT2D eigenvalue weighted by atomic mass is 19.4. The topological polar surface area (TPSA) is 76.1 Å². The molecular formula is C23H25F3N6O. The molecule has 1 aliphatic heterocycles. The molecule has 10 heteroatoms. The molecule has 0 amide bonds. The number of aromatic nitrogens is 4. The van der Waals surface area contributed by atoms with Crippen LogP contribution < -0.4 is 5.32 Å². The minimum atomic E-state index is -4.56. The number of fused-ring (bicyclic) bond motifs is 1. The predicted molar refractivity (Wildman–Crippen MR) is 118 cm³/mol. The van der Waals surface area contributed by atoms with Crippen LogP contribution in [0.3, 0.4) is 0 Å². The maximum Gasteiger partial charge on any atom is 0.451 e. The third-order valence-electron chi connectivity index (χ3n) is 6.47. The second-order valence-electron chi connectivity index (χ2n) is 8.55. The Balaban J connectivity index is 1.32. The van der Waals surface area contributed by atoms with Gasteiger partial charge in [0.05, 0.1) is 18.7 Å². The van der Waals surface area contributed by atoms with Gasteiger partial charge in [-0.2, -0.15) is 13.2 Å². The molecule has 1 N–H and O–H groups in total. The first kappa shape index (κ1) is 22.0. The van der Waals surface area contributed by atoms with Crippen LogP contribution in [0.25, 0.3) is 22.0 Å². The summed E-state index contributed by atoms with van der Waals surface area (Å²) < 4.78 is 43.8. The van der Waals surface area contributed by atoms with Crippen molar-refractivity contribution < 1.29 is 17.9 Å². The zero-order chi connectivity index (χ0) is 22.8. The first-order valence-corrected chi connectivity index (χ1v) is 11.2. The molecule has 1 saturated heterocycles. The number of rotatable bonds is 4. The minimum Gasteiger partial charge on any atom is -0.379 e. The van der Waals surface area contributed by atoms with Crippen LogP contribution in [-0.4, -0.2) is 63.2 Å². The Hall–Kier alpha value is -2.85. The number of benzene rings is 1. The number of anilines is 1. The van der Waals surface area contributed by atoms with Gasteiger partial charge in [0.25, 0.3) is 0 Å². The van der Waals surface area contributed by atoms with Gasteiger partial charge in [0.2, 0.25) is 5.82 Å². The molecule has 1 saturated carbocycles. The van der Waals surface area contributed by atoms with E-state index in [4.69, 9.17) is 4.74 Å². The smallest absolute Gasteiger partial charge is 0.379 e. The van der Waals surface area contributed by atoms with Gasteiger partial charge in [-0.25, -0.2) is 19.9 Å². The molecule has 2 aromatic heterocycles. The van der Waals surface area contributed by atoms with Crippen molar-refractivity contribution in [2.24, 2.45) is 0 Å². The van der Waals surface area contributed by atoms with E-state index in [1.54, 1.807) is 6.07 Å². The standard InChI is InChI=1S/C23H25F3N6O/c24-23(25,26)22-27-12-16(13-28-22)15-1-6-20-19(11-15)21(30-14-29-20)31-17-2-4-18(5-3-17)32-7-9-33-10-8-32/h1,6,11-14,17-18H,2-5,7-10H2,(H,29,30,31). The Labute approximate surface area is 189 Å². The summed E-state index contributed by atoms with van der Waals surface area (Å²) in [6.45, 7) is 3.65. The fourth-order valence-corrected chi connectivity index (χ4v) is 4.70. The van der Waals surface area contributed by atoms with Gasteiger partial charge in [0.1, 0.15) is 12.1 Å². The zero-order valence-electron chi connectivity index (χ0n) is 18.1. The summed E-state index contributed by atoms with van der Waals surface area (Å²) in [4.78, 5) is 18.3. The molecule has 0 bridgehead atoms. The van der Waals surface area contributed by atoms with Crippen LogP contribution in [0.2, 0.25) is 0 Å². The normalized spacial score (nSPS) is 22.4. The molecule has 0 radical (unpaired) electrons. The summed E-state index contributed by atoms with van der Waals surface area (Å²) in [6, 6.07) is 6.45. The lowest BCUT2D eigenvalue weighted by Crippen LogP contribution is -2.46. The Morgan fingerprint density at radius 3 is 2.33 bits per heavy atom. The first-order chi connectivity index (χ1) is 16.0. The van der Waals surface area contributed by atoms with E-state index in [-0.39, 0.29) is 0 Å². The Kier molecular flexibility index (Phi) is 6.11. The van der Waals surface area contributed by atoms with E-state index in [1.165, 1.54) is 18.7 Å². The zero-order valence-corrected chi connectivity index (χ0v) is 18.1.